The Morgan fingerprint density at radius 3 is 2.48 bits per heavy atom. The highest BCUT2D eigenvalue weighted by atomic mass is 35.5. The van der Waals surface area contributed by atoms with E-state index in [0.29, 0.717) is 49.5 Å². The van der Waals surface area contributed by atoms with Crippen LogP contribution in [0.4, 0.5) is 4.39 Å². The predicted molar refractivity (Wildman–Crippen MR) is 125 cm³/mol. The first-order chi connectivity index (χ1) is 15.8. The zero-order chi connectivity index (χ0) is 23.8. The summed E-state index contributed by atoms with van der Waals surface area (Å²) >= 11 is 6.05. The van der Waals surface area contributed by atoms with Gasteiger partial charge >= 0.3 is 0 Å². The Hall–Kier alpha value is -1.99. The molecule has 2 aliphatic rings. The van der Waals surface area contributed by atoms with Crippen LogP contribution in [-0.2, 0) is 15.1 Å². The minimum Gasteiger partial charge on any atom is -0.385 e. The minimum atomic E-state index is -1.23. The number of carbonyl (C=O) groups is 1. The van der Waals surface area contributed by atoms with Crippen molar-refractivity contribution < 1.29 is 23.8 Å². The molecule has 2 aliphatic heterocycles. The van der Waals surface area contributed by atoms with E-state index in [1.165, 1.54) is 13.2 Å². The quantitative estimate of drug-likeness (QED) is 0.553. The van der Waals surface area contributed by atoms with E-state index in [4.69, 9.17) is 21.1 Å². The number of carbonyl (C=O) groups excluding carboxylic acids is 1. The lowest BCUT2D eigenvalue weighted by atomic mass is 9.75. The number of halogens is 2. The first-order valence-corrected chi connectivity index (χ1v) is 12.0. The number of aliphatic hydroxyl groups is 1. The molecule has 0 saturated carbocycles. The monoisotopic (exact) mass is 475 g/mol. The molecule has 2 unspecified atom stereocenters. The SMILES string of the molecule is CCC(c1ccc(Cl)cc1)N1C(=O)c2cc([C@](O)(CC)C3CCOCC3)cc(F)c2C1OC. The Labute approximate surface area is 199 Å². The highest BCUT2D eigenvalue weighted by molar-refractivity contribution is 6.30. The smallest absolute Gasteiger partial charge is 0.257 e. The van der Waals surface area contributed by atoms with Crippen LogP contribution in [0.3, 0.4) is 0 Å². The fourth-order valence-electron chi connectivity index (χ4n) is 5.40. The normalized spacial score (nSPS) is 21.7. The van der Waals surface area contributed by atoms with Crippen molar-refractivity contribution in [3.8, 4) is 0 Å². The summed E-state index contributed by atoms with van der Waals surface area (Å²) in [4.78, 5) is 15.3. The fraction of sp³-hybridized carbons (Fsp3) is 0.500. The van der Waals surface area contributed by atoms with Crippen molar-refractivity contribution in [2.75, 3.05) is 20.3 Å². The molecule has 5 nitrogen and oxygen atoms in total. The van der Waals surface area contributed by atoms with Gasteiger partial charge in [-0.15, -0.1) is 0 Å². The molecule has 2 aromatic carbocycles. The maximum absolute atomic E-state index is 15.6. The molecule has 3 atom stereocenters. The maximum Gasteiger partial charge on any atom is 0.257 e. The first-order valence-electron chi connectivity index (χ1n) is 11.6. The zero-order valence-electron chi connectivity index (χ0n) is 19.3. The molecule has 1 fully saturated rings. The van der Waals surface area contributed by atoms with Gasteiger partial charge in [-0.25, -0.2) is 4.39 Å². The summed E-state index contributed by atoms with van der Waals surface area (Å²) < 4.78 is 26.7. The van der Waals surface area contributed by atoms with Crippen LogP contribution in [0.25, 0.3) is 0 Å². The van der Waals surface area contributed by atoms with Gasteiger partial charge < -0.3 is 19.5 Å². The lowest BCUT2D eigenvalue weighted by molar-refractivity contribution is -0.0733. The Balaban J connectivity index is 1.76. The Morgan fingerprint density at radius 2 is 1.91 bits per heavy atom. The van der Waals surface area contributed by atoms with Gasteiger partial charge in [-0.2, -0.15) is 0 Å². The second-order valence-corrected chi connectivity index (χ2v) is 9.30. The molecule has 2 heterocycles. The van der Waals surface area contributed by atoms with Gasteiger partial charge in [0.25, 0.3) is 5.91 Å². The van der Waals surface area contributed by atoms with Crippen molar-refractivity contribution in [3.05, 3.63) is 69.5 Å². The number of hydrogen-bond acceptors (Lipinski definition) is 4. The van der Waals surface area contributed by atoms with Crippen molar-refractivity contribution in [2.45, 2.75) is 57.4 Å². The van der Waals surface area contributed by atoms with E-state index < -0.39 is 17.6 Å². The van der Waals surface area contributed by atoms with Gasteiger partial charge in [0.15, 0.2) is 6.23 Å². The van der Waals surface area contributed by atoms with E-state index in [9.17, 15) is 9.90 Å². The summed E-state index contributed by atoms with van der Waals surface area (Å²) in [6, 6.07) is 10.1. The summed E-state index contributed by atoms with van der Waals surface area (Å²) in [7, 11) is 1.48. The summed E-state index contributed by atoms with van der Waals surface area (Å²) in [6.45, 7) is 5.00. The number of amides is 1. The van der Waals surface area contributed by atoms with Gasteiger partial charge in [0.1, 0.15) is 5.82 Å². The number of ether oxygens (including phenoxy) is 2. The fourth-order valence-corrected chi connectivity index (χ4v) is 5.52. The average Bonchev–Trinajstić information content (AvgIpc) is 3.13. The van der Waals surface area contributed by atoms with Gasteiger partial charge in [0.05, 0.1) is 17.2 Å². The lowest BCUT2D eigenvalue weighted by Gasteiger charge is -2.38. The van der Waals surface area contributed by atoms with Gasteiger partial charge in [0.2, 0.25) is 0 Å². The molecular weight excluding hydrogens is 445 g/mol. The summed E-state index contributed by atoms with van der Waals surface area (Å²) in [6.07, 6.45) is 1.58. The molecule has 0 aliphatic carbocycles. The van der Waals surface area contributed by atoms with Gasteiger partial charge in [0, 0.05) is 30.9 Å². The van der Waals surface area contributed by atoms with Crippen molar-refractivity contribution >= 4 is 17.5 Å². The molecule has 178 valence electrons. The van der Waals surface area contributed by atoms with E-state index in [1.807, 2.05) is 26.0 Å². The molecule has 0 radical (unpaired) electrons. The van der Waals surface area contributed by atoms with E-state index >= 15 is 4.39 Å². The molecule has 0 aromatic heterocycles. The summed E-state index contributed by atoms with van der Waals surface area (Å²) in [5.74, 6) is -0.892. The number of rotatable bonds is 7. The average molecular weight is 476 g/mol. The highest BCUT2D eigenvalue weighted by Gasteiger charge is 2.45. The van der Waals surface area contributed by atoms with E-state index in [1.54, 1.807) is 23.1 Å². The van der Waals surface area contributed by atoms with Crippen molar-refractivity contribution in [2.24, 2.45) is 5.92 Å². The van der Waals surface area contributed by atoms with Crippen LogP contribution in [0.1, 0.15) is 78.8 Å². The molecule has 2 aromatic rings. The van der Waals surface area contributed by atoms with E-state index in [0.717, 1.165) is 5.56 Å². The number of benzene rings is 2. The second kappa shape index (κ2) is 9.71. The largest absolute Gasteiger partial charge is 0.385 e. The highest BCUT2D eigenvalue weighted by Crippen LogP contribution is 2.46. The maximum atomic E-state index is 15.6. The Bertz CT molecular complexity index is 1010. The van der Waals surface area contributed by atoms with Gasteiger partial charge in [-0.1, -0.05) is 37.6 Å². The van der Waals surface area contributed by atoms with Crippen molar-refractivity contribution in [3.63, 3.8) is 0 Å². The number of nitrogens with zero attached hydrogens (tertiary/aromatic N) is 1. The van der Waals surface area contributed by atoms with Crippen LogP contribution in [0.15, 0.2) is 36.4 Å². The van der Waals surface area contributed by atoms with Crippen molar-refractivity contribution in [1.29, 1.82) is 0 Å². The predicted octanol–water partition coefficient (Wildman–Crippen LogP) is 5.76. The van der Waals surface area contributed by atoms with Gasteiger partial charge in [-0.05, 0) is 67.0 Å². The third-order valence-electron chi connectivity index (χ3n) is 7.23. The number of methoxy groups -OCH3 is 1. The molecule has 0 bridgehead atoms. The molecule has 1 amide bonds. The van der Waals surface area contributed by atoms with Crippen molar-refractivity contribution in [1.82, 2.24) is 4.90 Å². The van der Waals surface area contributed by atoms with Crippen LogP contribution < -0.4 is 0 Å². The number of hydrogen-bond donors (Lipinski definition) is 1. The summed E-state index contributed by atoms with van der Waals surface area (Å²) in [5, 5.41) is 12.2. The van der Waals surface area contributed by atoms with Crippen LogP contribution in [0, 0.1) is 11.7 Å². The molecule has 1 N–H and O–H groups in total. The van der Waals surface area contributed by atoms with Gasteiger partial charge in [-0.3, -0.25) is 4.79 Å². The standard InChI is InChI=1S/C26H31ClFNO4/c1-4-22(16-6-8-19(27)9-7-16)29-24(30)20-14-18(15-21(28)23(20)25(29)32-3)26(31,5-2)17-10-12-33-13-11-17/h6-9,14-15,17,22,25,31H,4-5,10-13H2,1-3H3/t22?,25?,26-/m0/s1. The minimum absolute atomic E-state index is 0.0583. The molecule has 33 heavy (non-hydrogen) atoms. The third kappa shape index (κ3) is 4.18. The van der Waals surface area contributed by atoms with E-state index in [-0.39, 0.29) is 29.0 Å². The second-order valence-electron chi connectivity index (χ2n) is 8.86. The Morgan fingerprint density at radius 1 is 1.24 bits per heavy atom. The lowest BCUT2D eigenvalue weighted by Crippen LogP contribution is -2.38. The van der Waals surface area contributed by atoms with E-state index in [2.05, 4.69) is 0 Å². The summed E-state index contributed by atoms with van der Waals surface area (Å²) in [5.41, 5.74) is 0.596. The van der Waals surface area contributed by atoms with Crippen LogP contribution in [0.2, 0.25) is 5.02 Å². The third-order valence-corrected chi connectivity index (χ3v) is 7.48. The number of fused-ring (bicyclic) bond motifs is 1. The molecule has 0 spiro atoms. The Kier molecular flexibility index (Phi) is 7.10. The molecule has 1 saturated heterocycles. The zero-order valence-corrected chi connectivity index (χ0v) is 20.1. The topological polar surface area (TPSA) is 59.0 Å². The molecule has 7 heteroatoms. The van der Waals surface area contributed by atoms with Crippen LogP contribution >= 0.6 is 11.6 Å². The molecular formula is C26H31ClFNO4. The first kappa shape index (κ1) is 24.1. The van der Waals surface area contributed by atoms with Crippen LogP contribution in [-0.4, -0.2) is 36.2 Å². The van der Waals surface area contributed by atoms with Crippen LogP contribution in [0.5, 0.6) is 0 Å². The molecule has 4 rings (SSSR count).